The lowest BCUT2D eigenvalue weighted by molar-refractivity contribution is -0.154. The van der Waals surface area contributed by atoms with E-state index in [0.29, 0.717) is 31.8 Å². The van der Waals surface area contributed by atoms with Crippen LogP contribution in [0.25, 0.3) is 0 Å². The molecule has 0 aromatic heterocycles. The Morgan fingerprint density at radius 1 is 1.11 bits per heavy atom. The average molecular weight is 629 g/mol. The number of fused-ring (bicyclic) bond motifs is 2. The summed E-state index contributed by atoms with van der Waals surface area (Å²) in [4.78, 5) is 13.1. The summed E-state index contributed by atoms with van der Waals surface area (Å²) in [6, 6.07) is 0. The Kier molecular flexibility index (Phi) is 14.4. The maximum atomic E-state index is 13.1. The molecule has 7 atom stereocenters. The second-order valence-electron chi connectivity index (χ2n) is 14.7. The summed E-state index contributed by atoms with van der Waals surface area (Å²) in [6.07, 6.45) is 21.0. The van der Waals surface area contributed by atoms with Crippen molar-refractivity contribution < 1.29 is 28.2 Å². The van der Waals surface area contributed by atoms with Crippen LogP contribution in [0.2, 0.25) is 18.1 Å². The first-order valence-electron chi connectivity index (χ1n) is 16.8. The van der Waals surface area contributed by atoms with E-state index in [1.54, 1.807) is 7.11 Å². The van der Waals surface area contributed by atoms with Crippen LogP contribution in [0.3, 0.4) is 0 Å². The van der Waals surface area contributed by atoms with Gasteiger partial charge >= 0.3 is 5.97 Å². The Hall–Kier alpha value is -1.77. The molecule has 0 N–H and O–H groups in total. The Bertz CT molecular complexity index is 1050. The molecule has 0 saturated heterocycles. The molecule has 0 saturated carbocycles. The normalized spacial score (nSPS) is 31.2. The average Bonchev–Trinajstić information content (AvgIpc) is 2.92. The van der Waals surface area contributed by atoms with Gasteiger partial charge in [0.2, 0.25) is 0 Å². The Balaban J connectivity index is 1.85. The summed E-state index contributed by atoms with van der Waals surface area (Å²) >= 11 is 0. The topological polar surface area (TPSA) is 63.2 Å². The van der Waals surface area contributed by atoms with Crippen molar-refractivity contribution in [3.05, 3.63) is 60.3 Å². The molecule has 0 aliphatic carbocycles. The highest BCUT2D eigenvalue weighted by atomic mass is 28.4. The van der Waals surface area contributed by atoms with Crippen molar-refractivity contribution in [1.82, 2.24) is 0 Å². The van der Waals surface area contributed by atoms with Crippen molar-refractivity contribution in [1.29, 1.82) is 0 Å². The van der Waals surface area contributed by atoms with E-state index >= 15 is 0 Å². The number of ether oxygens (including phenoxy) is 4. The van der Waals surface area contributed by atoms with E-state index in [1.807, 2.05) is 12.2 Å². The molecule has 248 valence electrons. The molecular weight excluding hydrogens is 568 g/mol. The molecule has 0 amide bonds. The predicted octanol–water partition coefficient (Wildman–Crippen LogP) is 8.80. The zero-order valence-corrected chi connectivity index (χ0v) is 29.8. The fourth-order valence-corrected chi connectivity index (χ4v) is 7.19. The Morgan fingerprint density at radius 2 is 1.86 bits per heavy atom. The van der Waals surface area contributed by atoms with E-state index in [2.05, 4.69) is 84.7 Å². The summed E-state index contributed by atoms with van der Waals surface area (Å²) < 4.78 is 31.2. The van der Waals surface area contributed by atoms with Crippen LogP contribution in [0.4, 0.5) is 0 Å². The number of rotatable bonds is 6. The summed E-state index contributed by atoms with van der Waals surface area (Å²) in [7, 11) is -0.376. The van der Waals surface area contributed by atoms with Crippen LogP contribution in [-0.2, 0) is 28.2 Å². The van der Waals surface area contributed by atoms with Crippen molar-refractivity contribution in [2.24, 2.45) is 5.92 Å². The maximum absolute atomic E-state index is 13.1. The quantitative estimate of drug-likeness (QED) is 0.166. The lowest BCUT2D eigenvalue weighted by Crippen LogP contribution is -2.43. The molecule has 0 fully saturated rings. The van der Waals surface area contributed by atoms with E-state index in [0.717, 1.165) is 38.5 Å². The smallest absolute Gasteiger partial charge is 0.306 e. The van der Waals surface area contributed by atoms with Gasteiger partial charge in [-0.2, -0.15) is 0 Å². The summed E-state index contributed by atoms with van der Waals surface area (Å²) in [5, 5.41) is 0.0859. The summed E-state index contributed by atoms with van der Waals surface area (Å²) in [5.41, 5.74) is 2.52. The molecule has 0 unspecified atom stereocenters. The number of carbonyl (C=O) groups excluding carboxylic acids is 1. The van der Waals surface area contributed by atoms with Crippen LogP contribution in [0, 0.1) is 5.92 Å². The maximum Gasteiger partial charge on any atom is 0.306 e. The molecule has 2 bridgehead atoms. The molecular formula is C37H60O6Si. The third kappa shape index (κ3) is 12.2. The second-order valence-corrected chi connectivity index (χ2v) is 19.4. The van der Waals surface area contributed by atoms with Gasteiger partial charge in [0, 0.05) is 20.0 Å². The fraction of sp³-hybridized carbons (Fsp3) is 0.703. The van der Waals surface area contributed by atoms with E-state index < -0.39 is 20.5 Å². The standard InChI is InChI=1S/C37H60O6Si/c1-27-21-22-40-31(24-27)19-20-34(39-7)35-17-11-16-33(43-44(8,9)37(4,5)6)26-29(3)23-28(2)25-32-15-10-13-30(41-32)14-12-18-36(38)42-35/h10-11,13,16,19-21,28,30-35H,3,12,14-15,17-18,22-26H2,1-2,4-9H3/t28-,30-,31+,32-,33+,34-,35-/m0/s1. The van der Waals surface area contributed by atoms with Gasteiger partial charge in [0.25, 0.3) is 0 Å². The molecule has 3 aliphatic heterocycles. The first-order chi connectivity index (χ1) is 20.8. The van der Waals surface area contributed by atoms with Crippen LogP contribution in [0.15, 0.2) is 60.3 Å². The highest BCUT2D eigenvalue weighted by Gasteiger charge is 2.39. The van der Waals surface area contributed by atoms with Crippen LogP contribution in [0.1, 0.15) is 92.4 Å². The largest absolute Gasteiger partial charge is 0.459 e. The van der Waals surface area contributed by atoms with Crippen molar-refractivity contribution in [3.63, 3.8) is 0 Å². The van der Waals surface area contributed by atoms with Crippen molar-refractivity contribution in [2.45, 2.75) is 147 Å². The van der Waals surface area contributed by atoms with Gasteiger partial charge in [0.1, 0.15) is 12.2 Å². The number of esters is 1. The second kappa shape index (κ2) is 17.2. The SMILES string of the molecule is C=C1C[C@H](C)C[C@@H]2CC=C[C@@H](CCCC(=O)O[C@H]([C@H](C=C[C@@H]3CC(C)=CCO3)OC)CC=C[C@@H](O[Si](C)(C)C(C)(C)C)C1)O2. The van der Waals surface area contributed by atoms with Crippen LogP contribution >= 0.6 is 0 Å². The van der Waals surface area contributed by atoms with Gasteiger partial charge in [-0.25, -0.2) is 0 Å². The predicted molar refractivity (Wildman–Crippen MR) is 182 cm³/mol. The molecule has 0 radical (unpaired) electrons. The number of methoxy groups -OCH3 is 1. The summed E-state index contributed by atoms with van der Waals surface area (Å²) in [6.45, 7) is 20.9. The van der Waals surface area contributed by atoms with Crippen molar-refractivity contribution in [2.75, 3.05) is 13.7 Å². The lowest BCUT2D eigenvalue weighted by Gasteiger charge is -2.39. The third-order valence-electron chi connectivity index (χ3n) is 9.45. The van der Waals surface area contributed by atoms with E-state index in [4.69, 9.17) is 23.4 Å². The van der Waals surface area contributed by atoms with Crippen LogP contribution in [0.5, 0.6) is 0 Å². The molecule has 0 spiro atoms. The van der Waals surface area contributed by atoms with Gasteiger partial charge < -0.3 is 23.4 Å². The molecule has 3 aliphatic rings. The minimum Gasteiger partial charge on any atom is -0.459 e. The lowest BCUT2D eigenvalue weighted by atomic mass is 9.91. The first-order valence-corrected chi connectivity index (χ1v) is 19.7. The Labute approximate surface area is 269 Å². The fourth-order valence-electron chi connectivity index (χ4n) is 5.92. The third-order valence-corrected chi connectivity index (χ3v) is 14.0. The van der Waals surface area contributed by atoms with Gasteiger partial charge in [-0.15, -0.1) is 0 Å². The number of hydrogen-bond donors (Lipinski definition) is 0. The molecule has 0 aromatic carbocycles. The molecule has 3 heterocycles. The minimum absolute atomic E-state index is 0.00810. The number of carbonyl (C=O) groups is 1. The van der Waals surface area contributed by atoms with E-state index in [9.17, 15) is 4.79 Å². The zero-order chi connectivity index (χ0) is 32.3. The van der Waals surface area contributed by atoms with Crippen molar-refractivity contribution >= 4 is 14.3 Å². The number of cyclic esters (lactones) is 1. The highest BCUT2D eigenvalue weighted by molar-refractivity contribution is 6.74. The van der Waals surface area contributed by atoms with Gasteiger partial charge in [-0.3, -0.25) is 4.79 Å². The van der Waals surface area contributed by atoms with Crippen LogP contribution < -0.4 is 0 Å². The van der Waals surface area contributed by atoms with Gasteiger partial charge in [-0.1, -0.05) is 88.0 Å². The van der Waals surface area contributed by atoms with Crippen molar-refractivity contribution in [3.8, 4) is 0 Å². The zero-order valence-electron chi connectivity index (χ0n) is 28.8. The minimum atomic E-state index is -2.05. The first kappa shape index (κ1) is 36.7. The number of hydrogen-bond acceptors (Lipinski definition) is 6. The molecule has 6 nitrogen and oxygen atoms in total. The summed E-state index contributed by atoms with van der Waals surface area (Å²) in [5.74, 6) is 0.261. The molecule has 7 heteroatoms. The monoisotopic (exact) mass is 628 g/mol. The van der Waals surface area contributed by atoms with E-state index in [-0.39, 0.29) is 35.4 Å². The highest BCUT2D eigenvalue weighted by Crippen LogP contribution is 2.38. The molecule has 44 heavy (non-hydrogen) atoms. The van der Waals surface area contributed by atoms with Crippen LogP contribution in [-0.4, -0.2) is 64.6 Å². The van der Waals surface area contributed by atoms with Gasteiger partial charge in [0.05, 0.1) is 31.0 Å². The van der Waals surface area contributed by atoms with Gasteiger partial charge in [-0.05, 0) is 75.9 Å². The van der Waals surface area contributed by atoms with E-state index in [1.165, 1.54) is 11.1 Å². The molecule has 3 rings (SSSR count). The van der Waals surface area contributed by atoms with Gasteiger partial charge in [0.15, 0.2) is 8.32 Å². The Morgan fingerprint density at radius 3 is 2.57 bits per heavy atom. The molecule has 0 aromatic rings.